The van der Waals surface area contributed by atoms with Crippen LogP contribution in [0.1, 0.15) is 30.7 Å². The fourth-order valence-electron chi connectivity index (χ4n) is 1.64. The Labute approximate surface area is 106 Å². The fourth-order valence-corrected chi connectivity index (χ4v) is 1.64. The molecule has 6 heteroatoms. The summed E-state index contributed by atoms with van der Waals surface area (Å²) in [5.41, 5.74) is 1.20. The number of unbranched alkanes of at least 4 members (excludes halogenated alkanes) is 2. The zero-order valence-electron chi connectivity index (χ0n) is 10.8. The van der Waals surface area contributed by atoms with Crippen LogP contribution in [0.2, 0.25) is 0 Å². The molecule has 0 bridgehead atoms. The van der Waals surface area contributed by atoms with E-state index >= 15 is 0 Å². The lowest BCUT2D eigenvalue weighted by molar-refractivity contribution is 0.199. The van der Waals surface area contributed by atoms with Crippen LogP contribution in [0.15, 0.2) is 16.9 Å². The van der Waals surface area contributed by atoms with Crippen molar-refractivity contribution in [1.82, 2.24) is 19.9 Å². The van der Waals surface area contributed by atoms with Gasteiger partial charge in [0.05, 0.1) is 12.8 Å². The number of nitrogens with zero attached hydrogens (tertiary/aromatic N) is 4. The van der Waals surface area contributed by atoms with E-state index in [-0.39, 0.29) is 6.08 Å². The molecule has 0 aliphatic rings. The highest BCUT2D eigenvalue weighted by Crippen LogP contribution is 2.07. The molecule has 2 aromatic rings. The largest absolute Gasteiger partial charge is 0.449 e. The van der Waals surface area contributed by atoms with Gasteiger partial charge in [-0.1, -0.05) is 5.16 Å². The minimum absolute atomic E-state index is 0.259. The summed E-state index contributed by atoms with van der Waals surface area (Å²) in [6.07, 6.45) is 7.34. The third-order valence-electron chi connectivity index (χ3n) is 2.53. The van der Waals surface area contributed by atoms with Crippen molar-refractivity contribution < 1.29 is 9.26 Å². The van der Waals surface area contributed by atoms with Gasteiger partial charge in [-0.3, -0.25) is 9.20 Å². The summed E-state index contributed by atoms with van der Waals surface area (Å²) < 4.78 is 12.1. The zero-order chi connectivity index (χ0) is 12.8. The highest BCUT2D eigenvalue weighted by atomic mass is 16.6. The highest BCUT2D eigenvalue weighted by Gasteiger charge is 2.02. The van der Waals surface area contributed by atoms with Crippen molar-refractivity contribution >= 4 is 0 Å². The van der Waals surface area contributed by atoms with E-state index in [0.717, 1.165) is 25.8 Å². The van der Waals surface area contributed by atoms with Crippen LogP contribution in [0.4, 0.5) is 0 Å². The van der Waals surface area contributed by atoms with Crippen molar-refractivity contribution in [3.63, 3.8) is 0 Å². The smallest absolute Gasteiger partial charge is 0.417 e. The topological polar surface area (TPSA) is 66.0 Å². The van der Waals surface area contributed by atoms with Crippen LogP contribution >= 0.6 is 0 Å². The summed E-state index contributed by atoms with van der Waals surface area (Å²) in [6.45, 7) is 5.37. The Morgan fingerprint density at radius 2 is 2.17 bits per heavy atom. The van der Waals surface area contributed by atoms with Gasteiger partial charge in [-0.15, -0.1) is 0 Å². The Morgan fingerprint density at radius 1 is 1.28 bits per heavy atom. The van der Waals surface area contributed by atoms with E-state index in [0.29, 0.717) is 12.4 Å². The maximum atomic E-state index is 5.32. The first-order chi connectivity index (χ1) is 8.74. The fraction of sp³-hybridized carbons (Fsp3) is 0.583. The van der Waals surface area contributed by atoms with E-state index in [1.165, 1.54) is 5.56 Å². The molecule has 0 saturated carbocycles. The van der Waals surface area contributed by atoms with Crippen molar-refractivity contribution in [1.29, 1.82) is 0 Å². The predicted octanol–water partition coefficient (Wildman–Crippen LogP) is 2.13. The maximum absolute atomic E-state index is 5.32. The van der Waals surface area contributed by atoms with Gasteiger partial charge in [0.15, 0.2) is 5.82 Å². The van der Waals surface area contributed by atoms with Gasteiger partial charge in [-0.2, -0.15) is 10.1 Å². The van der Waals surface area contributed by atoms with Crippen LogP contribution < -0.4 is 4.74 Å². The van der Waals surface area contributed by atoms with Crippen LogP contribution in [0.3, 0.4) is 0 Å². The minimum Gasteiger partial charge on any atom is -0.449 e. The molecule has 0 aliphatic carbocycles. The molecule has 0 spiro atoms. The molecule has 0 unspecified atom stereocenters. The summed E-state index contributed by atoms with van der Waals surface area (Å²) >= 11 is 0. The Bertz CT molecular complexity index is 434. The lowest BCUT2D eigenvalue weighted by Crippen LogP contribution is -2.01. The van der Waals surface area contributed by atoms with Crippen molar-refractivity contribution in [2.24, 2.45) is 0 Å². The number of rotatable bonds is 7. The third kappa shape index (κ3) is 3.87. The van der Waals surface area contributed by atoms with Crippen molar-refractivity contribution in [3.8, 4) is 6.08 Å². The highest BCUT2D eigenvalue weighted by molar-refractivity contribution is 4.99. The Balaban J connectivity index is 1.54. The van der Waals surface area contributed by atoms with Crippen LogP contribution in [0.5, 0.6) is 6.08 Å². The molecule has 0 aromatic carbocycles. The van der Waals surface area contributed by atoms with Crippen LogP contribution in [-0.2, 0) is 6.54 Å². The molecule has 2 aromatic heterocycles. The number of hydrogen-bond donors (Lipinski definition) is 0. The molecule has 0 aliphatic heterocycles. The van der Waals surface area contributed by atoms with E-state index in [4.69, 9.17) is 9.26 Å². The van der Waals surface area contributed by atoms with Crippen LogP contribution in [-0.4, -0.2) is 26.5 Å². The van der Waals surface area contributed by atoms with Gasteiger partial charge < -0.3 is 4.74 Å². The van der Waals surface area contributed by atoms with Gasteiger partial charge in [-0.25, -0.2) is 0 Å². The van der Waals surface area contributed by atoms with Crippen molar-refractivity contribution in [3.05, 3.63) is 23.8 Å². The maximum Gasteiger partial charge on any atom is 0.417 e. The molecule has 0 N–H and O–H groups in total. The molecule has 2 heterocycles. The quantitative estimate of drug-likeness (QED) is 0.704. The third-order valence-corrected chi connectivity index (χ3v) is 2.53. The van der Waals surface area contributed by atoms with Crippen molar-refractivity contribution in [2.45, 2.75) is 39.7 Å². The van der Waals surface area contributed by atoms with Gasteiger partial charge in [-0.05, 0) is 38.7 Å². The summed E-state index contributed by atoms with van der Waals surface area (Å²) in [5, 5.41) is 7.89. The molecule has 0 amide bonds. The SMILES string of the molecule is Cc1cnn(CCCCCOc2nc(C)no2)c1. The second-order valence-corrected chi connectivity index (χ2v) is 4.30. The number of ether oxygens (including phenoxy) is 1. The molecular weight excluding hydrogens is 232 g/mol. The number of aryl methyl sites for hydroxylation is 3. The summed E-state index contributed by atoms with van der Waals surface area (Å²) in [7, 11) is 0. The Hall–Kier alpha value is -1.85. The molecule has 0 atom stereocenters. The normalized spacial score (nSPS) is 10.8. The van der Waals surface area contributed by atoms with Crippen LogP contribution in [0.25, 0.3) is 0 Å². The van der Waals surface area contributed by atoms with Crippen molar-refractivity contribution in [2.75, 3.05) is 6.61 Å². The van der Waals surface area contributed by atoms with E-state index in [2.05, 4.69) is 21.4 Å². The van der Waals surface area contributed by atoms with Gasteiger partial charge in [0.25, 0.3) is 0 Å². The average Bonchev–Trinajstić information content (AvgIpc) is 2.93. The number of hydrogen-bond acceptors (Lipinski definition) is 5. The molecule has 18 heavy (non-hydrogen) atoms. The zero-order valence-corrected chi connectivity index (χ0v) is 10.8. The summed E-state index contributed by atoms with van der Waals surface area (Å²) in [6, 6.07) is 0. The molecule has 6 nitrogen and oxygen atoms in total. The lowest BCUT2D eigenvalue weighted by atomic mass is 10.2. The van der Waals surface area contributed by atoms with Gasteiger partial charge in [0, 0.05) is 12.7 Å². The predicted molar refractivity (Wildman–Crippen MR) is 65.3 cm³/mol. The first-order valence-electron chi connectivity index (χ1n) is 6.16. The Morgan fingerprint density at radius 3 is 2.83 bits per heavy atom. The van der Waals surface area contributed by atoms with Gasteiger partial charge in [0.2, 0.25) is 0 Å². The monoisotopic (exact) mass is 250 g/mol. The van der Waals surface area contributed by atoms with E-state index in [1.807, 2.05) is 17.8 Å². The lowest BCUT2D eigenvalue weighted by Gasteiger charge is -2.02. The molecular formula is C12H18N4O2. The number of aromatic nitrogens is 4. The minimum atomic E-state index is 0.259. The molecule has 0 fully saturated rings. The second kappa shape index (κ2) is 6.18. The average molecular weight is 250 g/mol. The summed E-state index contributed by atoms with van der Waals surface area (Å²) in [5.74, 6) is 0.596. The van der Waals surface area contributed by atoms with E-state index in [9.17, 15) is 0 Å². The molecule has 98 valence electrons. The van der Waals surface area contributed by atoms with Gasteiger partial charge in [0.1, 0.15) is 0 Å². The molecule has 2 rings (SSSR count). The standard InChI is InChI=1S/C12H18N4O2/c1-10-8-13-16(9-10)6-4-3-5-7-17-12-14-11(2)15-18-12/h8-9H,3-7H2,1-2H3. The first kappa shape index (κ1) is 12.6. The van der Waals surface area contributed by atoms with Crippen LogP contribution in [0, 0.1) is 13.8 Å². The molecule has 0 saturated heterocycles. The van der Waals surface area contributed by atoms with E-state index < -0.39 is 0 Å². The summed E-state index contributed by atoms with van der Waals surface area (Å²) in [4.78, 5) is 3.96. The Kier molecular flexibility index (Phi) is 4.33. The second-order valence-electron chi connectivity index (χ2n) is 4.30. The molecule has 0 radical (unpaired) electrons. The van der Waals surface area contributed by atoms with Gasteiger partial charge >= 0.3 is 6.08 Å². The van der Waals surface area contributed by atoms with E-state index in [1.54, 1.807) is 6.92 Å². The first-order valence-corrected chi connectivity index (χ1v) is 6.16.